The molecule has 2 aromatic rings. The zero-order valence-electron chi connectivity index (χ0n) is 9.02. The Labute approximate surface area is 108 Å². The lowest BCUT2D eigenvalue weighted by Gasteiger charge is -2.07. The second kappa shape index (κ2) is 5.46. The maximum atomic E-state index is 8.95. The minimum Gasteiger partial charge on any atom is -0.380 e. The summed E-state index contributed by atoms with van der Waals surface area (Å²) in [5, 5.41) is 12.2. The fourth-order valence-corrected chi connectivity index (χ4v) is 1.90. The van der Waals surface area contributed by atoms with Crippen LogP contribution >= 0.6 is 15.9 Å². The van der Waals surface area contributed by atoms with Crippen LogP contribution in [0.1, 0.15) is 11.1 Å². The molecule has 0 atom stereocenters. The van der Waals surface area contributed by atoms with Crippen molar-refractivity contribution >= 4 is 21.6 Å². The molecule has 2 rings (SSSR count). The number of hydrogen-bond donors (Lipinski definition) is 1. The highest BCUT2D eigenvalue weighted by Gasteiger charge is 2.00. The number of hydrogen-bond acceptors (Lipinski definition) is 3. The fourth-order valence-electron chi connectivity index (χ4n) is 1.48. The van der Waals surface area contributed by atoms with Gasteiger partial charge in [0, 0.05) is 23.4 Å². The predicted octanol–water partition coefficient (Wildman–Crippen LogP) is 3.33. The van der Waals surface area contributed by atoms with Gasteiger partial charge in [-0.25, -0.2) is 0 Å². The molecule has 84 valence electrons. The summed E-state index contributed by atoms with van der Waals surface area (Å²) in [6.07, 6.45) is 3.54. The number of anilines is 1. The van der Waals surface area contributed by atoms with E-state index in [4.69, 9.17) is 5.26 Å². The maximum Gasteiger partial charge on any atom is 0.101 e. The van der Waals surface area contributed by atoms with Crippen LogP contribution in [0.5, 0.6) is 0 Å². The summed E-state index contributed by atoms with van der Waals surface area (Å²) in [6, 6.07) is 11.6. The third kappa shape index (κ3) is 3.05. The lowest BCUT2D eigenvalue weighted by atomic mass is 10.2. The highest BCUT2D eigenvalue weighted by molar-refractivity contribution is 9.10. The van der Waals surface area contributed by atoms with Gasteiger partial charge in [0.05, 0.1) is 11.3 Å². The first-order chi connectivity index (χ1) is 8.29. The molecule has 0 radical (unpaired) electrons. The zero-order valence-corrected chi connectivity index (χ0v) is 10.6. The van der Waals surface area contributed by atoms with Crippen molar-refractivity contribution in [3.05, 3.63) is 58.3 Å². The van der Waals surface area contributed by atoms with Crippen LogP contribution in [-0.4, -0.2) is 4.98 Å². The van der Waals surface area contributed by atoms with E-state index in [1.807, 2.05) is 24.3 Å². The van der Waals surface area contributed by atoms with E-state index in [0.717, 1.165) is 15.7 Å². The Hall–Kier alpha value is -1.86. The van der Waals surface area contributed by atoms with Gasteiger partial charge in [0.1, 0.15) is 6.07 Å². The second-order valence-electron chi connectivity index (χ2n) is 3.52. The summed E-state index contributed by atoms with van der Waals surface area (Å²) in [6.45, 7) is 0.644. The maximum absolute atomic E-state index is 8.95. The van der Waals surface area contributed by atoms with Crippen LogP contribution in [0.25, 0.3) is 0 Å². The lowest BCUT2D eigenvalue weighted by Crippen LogP contribution is -2.01. The number of nitrogens with zero attached hydrogens (tertiary/aromatic N) is 2. The van der Waals surface area contributed by atoms with Crippen molar-refractivity contribution in [3.8, 4) is 6.07 Å². The Balaban J connectivity index is 2.10. The number of rotatable bonds is 3. The van der Waals surface area contributed by atoms with E-state index < -0.39 is 0 Å². The molecule has 17 heavy (non-hydrogen) atoms. The van der Waals surface area contributed by atoms with Crippen LogP contribution in [0.15, 0.2) is 47.2 Å². The number of aromatic nitrogens is 1. The summed E-state index contributed by atoms with van der Waals surface area (Å²) in [5.74, 6) is 0. The van der Waals surface area contributed by atoms with Crippen LogP contribution in [-0.2, 0) is 6.54 Å². The van der Waals surface area contributed by atoms with Crippen LogP contribution in [0, 0.1) is 11.3 Å². The standard InChI is InChI=1S/C13H10BrN3/c14-12-5-10(7-16-9-12)8-17-13-4-2-1-3-11(13)6-15/h1-5,7,9,17H,8H2. The fraction of sp³-hybridized carbons (Fsp3) is 0.0769. The van der Waals surface area contributed by atoms with Gasteiger partial charge < -0.3 is 5.32 Å². The Bertz CT molecular complexity index is 561. The molecule has 0 saturated heterocycles. The summed E-state index contributed by atoms with van der Waals surface area (Å²) in [7, 11) is 0. The van der Waals surface area contributed by atoms with E-state index in [9.17, 15) is 0 Å². The van der Waals surface area contributed by atoms with Crippen LogP contribution < -0.4 is 5.32 Å². The molecule has 1 N–H and O–H groups in total. The molecule has 1 aromatic heterocycles. The van der Waals surface area contributed by atoms with Crippen LogP contribution in [0.4, 0.5) is 5.69 Å². The van der Waals surface area contributed by atoms with Crippen molar-refractivity contribution in [2.75, 3.05) is 5.32 Å². The molecule has 0 spiro atoms. The van der Waals surface area contributed by atoms with Crippen molar-refractivity contribution < 1.29 is 0 Å². The lowest BCUT2D eigenvalue weighted by molar-refractivity contribution is 1.10. The molecule has 3 nitrogen and oxygen atoms in total. The van der Waals surface area contributed by atoms with Crippen molar-refractivity contribution in [1.82, 2.24) is 4.98 Å². The van der Waals surface area contributed by atoms with Crippen LogP contribution in [0.3, 0.4) is 0 Å². The average molecular weight is 288 g/mol. The van der Waals surface area contributed by atoms with Gasteiger partial charge in [-0.05, 0) is 39.7 Å². The van der Waals surface area contributed by atoms with E-state index in [2.05, 4.69) is 32.3 Å². The highest BCUT2D eigenvalue weighted by Crippen LogP contribution is 2.16. The topological polar surface area (TPSA) is 48.7 Å². The number of para-hydroxylation sites is 1. The van der Waals surface area contributed by atoms with Crippen molar-refractivity contribution in [2.45, 2.75) is 6.54 Å². The smallest absolute Gasteiger partial charge is 0.101 e. The predicted molar refractivity (Wildman–Crippen MR) is 70.4 cm³/mol. The van der Waals surface area contributed by atoms with Gasteiger partial charge in [-0.1, -0.05) is 12.1 Å². The van der Waals surface area contributed by atoms with E-state index in [1.54, 1.807) is 18.5 Å². The van der Waals surface area contributed by atoms with Crippen molar-refractivity contribution in [1.29, 1.82) is 5.26 Å². The molecule has 0 saturated carbocycles. The van der Waals surface area contributed by atoms with Gasteiger partial charge in [0.25, 0.3) is 0 Å². The SMILES string of the molecule is N#Cc1ccccc1NCc1cncc(Br)c1. The van der Waals surface area contributed by atoms with Gasteiger partial charge in [-0.15, -0.1) is 0 Å². The summed E-state index contributed by atoms with van der Waals surface area (Å²) in [5.41, 5.74) is 2.55. The molecule has 0 aliphatic heterocycles. The van der Waals surface area contributed by atoms with Gasteiger partial charge in [-0.2, -0.15) is 5.26 Å². The summed E-state index contributed by atoms with van der Waals surface area (Å²) >= 11 is 3.37. The van der Waals surface area contributed by atoms with Crippen molar-refractivity contribution in [2.24, 2.45) is 0 Å². The van der Waals surface area contributed by atoms with Gasteiger partial charge in [0.15, 0.2) is 0 Å². The molecule has 4 heteroatoms. The number of pyridine rings is 1. The number of benzene rings is 1. The van der Waals surface area contributed by atoms with Gasteiger partial charge in [0.2, 0.25) is 0 Å². The Morgan fingerprint density at radius 3 is 2.88 bits per heavy atom. The molecular weight excluding hydrogens is 278 g/mol. The Kier molecular flexibility index (Phi) is 3.73. The van der Waals surface area contributed by atoms with Gasteiger partial charge in [-0.3, -0.25) is 4.98 Å². The highest BCUT2D eigenvalue weighted by atomic mass is 79.9. The Morgan fingerprint density at radius 1 is 1.29 bits per heavy atom. The second-order valence-corrected chi connectivity index (χ2v) is 4.44. The molecular formula is C13H10BrN3. The molecule has 0 fully saturated rings. The molecule has 0 aliphatic rings. The van der Waals surface area contributed by atoms with E-state index in [-0.39, 0.29) is 0 Å². The largest absolute Gasteiger partial charge is 0.380 e. The third-order valence-corrected chi connectivity index (χ3v) is 2.73. The monoisotopic (exact) mass is 287 g/mol. The average Bonchev–Trinajstić information content (AvgIpc) is 2.37. The van der Waals surface area contributed by atoms with Crippen molar-refractivity contribution in [3.63, 3.8) is 0 Å². The quantitative estimate of drug-likeness (QED) is 0.942. The van der Waals surface area contributed by atoms with E-state index >= 15 is 0 Å². The summed E-state index contributed by atoms with van der Waals surface area (Å²) < 4.78 is 0.949. The normalized spacial score (nSPS) is 9.65. The van der Waals surface area contributed by atoms with Gasteiger partial charge >= 0.3 is 0 Å². The minimum absolute atomic E-state index is 0.644. The summed E-state index contributed by atoms with van der Waals surface area (Å²) in [4.78, 5) is 4.09. The van der Waals surface area contributed by atoms with E-state index in [1.165, 1.54) is 0 Å². The first-order valence-electron chi connectivity index (χ1n) is 5.12. The van der Waals surface area contributed by atoms with Crippen LogP contribution in [0.2, 0.25) is 0 Å². The Morgan fingerprint density at radius 2 is 2.12 bits per heavy atom. The zero-order chi connectivity index (χ0) is 12.1. The molecule has 0 bridgehead atoms. The first kappa shape index (κ1) is 11.6. The molecule has 1 heterocycles. The molecule has 1 aromatic carbocycles. The molecule has 0 unspecified atom stereocenters. The first-order valence-corrected chi connectivity index (χ1v) is 5.91. The number of halogens is 1. The molecule has 0 aliphatic carbocycles. The third-order valence-electron chi connectivity index (χ3n) is 2.29. The van der Waals surface area contributed by atoms with E-state index in [0.29, 0.717) is 12.1 Å². The molecule has 0 amide bonds. The number of nitrogens with one attached hydrogen (secondary N) is 1. The number of nitriles is 1. The minimum atomic E-state index is 0.644.